The van der Waals surface area contributed by atoms with Gasteiger partial charge < -0.3 is 9.26 Å². The van der Waals surface area contributed by atoms with Crippen molar-refractivity contribution in [2.24, 2.45) is 0 Å². The van der Waals surface area contributed by atoms with Gasteiger partial charge in [0.05, 0.1) is 6.10 Å². The summed E-state index contributed by atoms with van der Waals surface area (Å²) in [5, 5.41) is 3.77. The molecule has 16 heavy (non-hydrogen) atoms. The minimum atomic E-state index is 0.0326. The Morgan fingerprint density at radius 2 is 2.19 bits per heavy atom. The smallest absolute Gasteiger partial charge is 0.320 e. The zero-order valence-corrected chi connectivity index (χ0v) is 9.73. The van der Waals surface area contributed by atoms with E-state index in [1.807, 2.05) is 38.1 Å². The largest absolute Gasteiger partial charge is 0.491 e. The summed E-state index contributed by atoms with van der Waals surface area (Å²) in [4.78, 5) is 3.93. The van der Waals surface area contributed by atoms with Crippen LogP contribution in [0.25, 0.3) is 11.4 Å². The molecule has 0 fully saturated rings. The van der Waals surface area contributed by atoms with E-state index >= 15 is 0 Å². The molecule has 84 valence electrons. The van der Waals surface area contributed by atoms with Gasteiger partial charge in [0.25, 0.3) is 0 Å². The Morgan fingerprint density at radius 3 is 2.81 bits per heavy atom. The molecule has 1 aromatic carbocycles. The summed E-state index contributed by atoms with van der Waals surface area (Å²) < 4.78 is 10.3. The van der Waals surface area contributed by atoms with Crippen LogP contribution in [0.15, 0.2) is 28.8 Å². The topological polar surface area (TPSA) is 48.2 Å². The van der Waals surface area contributed by atoms with Crippen molar-refractivity contribution in [3.05, 3.63) is 29.6 Å². The average molecular weight is 239 g/mol. The van der Waals surface area contributed by atoms with Gasteiger partial charge in [0.2, 0.25) is 5.82 Å². The van der Waals surface area contributed by atoms with Crippen molar-refractivity contribution in [2.45, 2.75) is 20.0 Å². The lowest BCUT2D eigenvalue weighted by molar-refractivity contribution is 0.242. The highest BCUT2D eigenvalue weighted by molar-refractivity contribution is 6.27. The number of hydrogen-bond acceptors (Lipinski definition) is 4. The van der Waals surface area contributed by atoms with Crippen LogP contribution in [-0.2, 0) is 0 Å². The minimum absolute atomic E-state index is 0.0326. The van der Waals surface area contributed by atoms with E-state index in [0.29, 0.717) is 5.82 Å². The molecule has 2 aromatic rings. The predicted octanol–water partition coefficient (Wildman–Crippen LogP) is 3.18. The van der Waals surface area contributed by atoms with Gasteiger partial charge in [0.15, 0.2) is 0 Å². The SMILES string of the molecule is CC(C)Oc1cccc(-c2noc(Cl)n2)c1. The van der Waals surface area contributed by atoms with E-state index < -0.39 is 0 Å². The van der Waals surface area contributed by atoms with E-state index in [0.717, 1.165) is 11.3 Å². The zero-order chi connectivity index (χ0) is 11.5. The van der Waals surface area contributed by atoms with Gasteiger partial charge in [-0.25, -0.2) is 0 Å². The van der Waals surface area contributed by atoms with Crippen LogP contribution in [0, 0.1) is 0 Å². The summed E-state index contributed by atoms with van der Waals surface area (Å²) in [6, 6.07) is 7.47. The van der Waals surface area contributed by atoms with Crippen LogP contribution < -0.4 is 4.74 Å². The quantitative estimate of drug-likeness (QED) is 0.824. The molecule has 0 radical (unpaired) electrons. The lowest BCUT2D eigenvalue weighted by Crippen LogP contribution is -2.05. The van der Waals surface area contributed by atoms with Gasteiger partial charge in [-0.1, -0.05) is 17.3 Å². The average Bonchev–Trinajstić information content (AvgIpc) is 2.64. The second-order valence-electron chi connectivity index (χ2n) is 3.57. The Bertz CT molecular complexity index is 482. The maximum atomic E-state index is 5.56. The summed E-state index contributed by atoms with van der Waals surface area (Å²) in [6.45, 7) is 3.94. The lowest BCUT2D eigenvalue weighted by atomic mass is 10.2. The lowest BCUT2D eigenvalue weighted by Gasteiger charge is -2.09. The van der Waals surface area contributed by atoms with Crippen molar-refractivity contribution >= 4 is 11.6 Å². The second-order valence-corrected chi connectivity index (χ2v) is 3.89. The number of nitrogens with zero attached hydrogens (tertiary/aromatic N) is 2. The maximum Gasteiger partial charge on any atom is 0.320 e. The summed E-state index contributed by atoms with van der Waals surface area (Å²) >= 11 is 5.56. The van der Waals surface area contributed by atoms with Crippen molar-refractivity contribution in [3.63, 3.8) is 0 Å². The van der Waals surface area contributed by atoms with Crippen molar-refractivity contribution in [1.82, 2.24) is 10.1 Å². The Labute approximate surface area is 98.2 Å². The molecular weight excluding hydrogens is 228 g/mol. The molecule has 0 saturated carbocycles. The van der Waals surface area contributed by atoms with E-state index in [-0.39, 0.29) is 11.5 Å². The Balaban J connectivity index is 2.28. The maximum absolute atomic E-state index is 5.56. The number of halogens is 1. The Morgan fingerprint density at radius 1 is 1.38 bits per heavy atom. The highest BCUT2D eigenvalue weighted by Crippen LogP contribution is 2.23. The van der Waals surface area contributed by atoms with Gasteiger partial charge in [-0.05, 0) is 37.6 Å². The first kappa shape index (κ1) is 11.0. The van der Waals surface area contributed by atoms with Gasteiger partial charge in [-0.3, -0.25) is 0 Å². The van der Waals surface area contributed by atoms with Crippen LogP contribution in [0.1, 0.15) is 13.8 Å². The second kappa shape index (κ2) is 4.53. The molecule has 0 atom stereocenters. The van der Waals surface area contributed by atoms with E-state index in [4.69, 9.17) is 20.9 Å². The molecule has 5 heteroatoms. The minimum Gasteiger partial charge on any atom is -0.491 e. The molecule has 0 saturated heterocycles. The highest BCUT2D eigenvalue weighted by atomic mass is 35.5. The van der Waals surface area contributed by atoms with Crippen LogP contribution >= 0.6 is 11.6 Å². The predicted molar refractivity (Wildman–Crippen MR) is 60.5 cm³/mol. The third-order valence-corrected chi connectivity index (χ3v) is 2.02. The normalized spacial score (nSPS) is 10.8. The van der Waals surface area contributed by atoms with Crippen LogP contribution in [-0.4, -0.2) is 16.2 Å². The van der Waals surface area contributed by atoms with E-state index in [1.165, 1.54) is 0 Å². The third kappa shape index (κ3) is 2.52. The molecule has 0 aliphatic carbocycles. The van der Waals surface area contributed by atoms with Gasteiger partial charge in [0.1, 0.15) is 5.75 Å². The number of rotatable bonds is 3. The first-order chi connectivity index (χ1) is 7.65. The summed E-state index contributed by atoms with van der Waals surface area (Å²) in [6.07, 6.45) is 0.129. The number of hydrogen-bond donors (Lipinski definition) is 0. The monoisotopic (exact) mass is 238 g/mol. The standard InChI is InChI=1S/C11H11ClN2O2/c1-7(2)15-9-5-3-4-8(6-9)10-13-11(12)16-14-10/h3-7H,1-2H3. The van der Waals surface area contributed by atoms with Crippen LogP contribution in [0.2, 0.25) is 5.35 Å². The fourth-order valence-corrected chi connectivity index (χ4v) is 1.42. The third-order valence-electron chi connectivity index (χ3n) is 1.87. The fourth-order valence-electron chi connectivity index (χ4n) is 1.30. The Kier molecular flexibility index (Phi) is 3.10. The Hall–Kier alpha value is -1.55. The fraction of sp³-hybridized carbons (Fsp3) is 0.273. The molecule has 0 spiro atoms. The van der Waals surface area contributed by atoms with Crippen molar-refractivity contribution < 1.29 is 9.26 Å². The van der Waals surface area contributed by atoms with Crippen molar-refractivity contribution in [1.29, 1.82) is 0 Å². The number of aromatic nitrogens is 2. The molecule has 2 rings (SSSR count). The van der Waals surface area contributed by atoms with E-state index in [1.54, 1.807) is 0 Å². The van der Waals surface area contributed by atoms with Gasteiger partial charge in [-0.2, -0.15) is 4.98 Å². The summed E-state index contributed by atoms with van der Waals surface area (Å²) in [7, 11) is 0. The van der Waals surface area contributed by atoms with Gasteiger partial charge >= 0.3 is 5.35 Å². The highest BCUT2D eigenvalue weighted by Gasteiger charge is 2.07. The molecule has 0 amide bonds. The molecule has 0 N–H and O–H groups in total. The number of ether oxygens (including phenoxy) is 1. The summed E-state index contributed by atoms with van der Waals surface area (Å²) in [5.74, 6) is 1.23. The van der Waals surface area contributed by atoms with Crippen molar-refractivity contribution in [2.75, 3.05) is 0 Å². The van der Waals surface area contributed by atoms with Crippen LogP contribution in [0.4, 0.5) is 0 Å². The molecule has 4 nitrogen and oxygen atoms in total. The first-order valence-electron chi connectivity index (χ1n) is 4.91. The van der Waals surface area contributed by atoms with Gasteiger partial charge in [-0.15, -0.1) is 0 Å². The van der Waals surface area contributed by atoms with E-state index in [9.17, 15) is 0 Å². The molecule has 1 heterocycles. The molecule has 0 aliphatic heterocycles. The molecule has 0 aliphatic rings. The molecule has 0 bridgehead atoms. The number of benzene rings is 1. The first-order valence-corrected chi connectivity index (χ1v) is 5.29. The van der Waals surface area contributed by atoms with Crippen LogP contribution in [0.5, 0.6) is 5.75 Å². The summed E-state index contributed by atoms with van der Waals surface area (Å²) in [5.41, 5.74) is 0.814. The molecule has 0 unspecified atom stereocenters. The molecule has 1 aromatic heterocycles. The van der Waals surface area contributed by atoms with Gasteiger partial charge in [0, 0.05) is 5.56 Å². The van der Waals surface area contributed by atoms with E-state index in [2.05, 4.69) is 10.1 Å². The molecular formula is C11H11ClN2O2. The van der Waals surface area contributed by atoms with Crippen LogP contribution in [0.3, 0.4) is 0 Å². The van der Waals surface area contributed by atoms with Crippen molar-refractivity contribution in [3.8, 4) is 17.1 Å². The zero-order valence-electron chi connectivity index (χ0n) is 8.98.